The molecular weight excluding hydrogens is 310 g/mol. The number of benzene rings is 1. The topological polar surface area (TPSA) is 46.4 Å². The maximum atomic E-state index is 12.6. The van der Waals surface area contributed by atoms with Crippen LogP contribution in [0.15, 0.2) is 42.6 Å². The van der Waals surface area contributed by atoms with Crippen LogP contribution in [0.3, 0.4) is 0 Å². The summed E-state index contributed by atoms with van der Waals surface area (Å²) in [6, 6.07) is 11.7. The first kappa shape index (κ1) is 15.6. The molecule has 1 aromatic carbocycles. The predicted molar refractivity (Wildman–Crippen MR) is 91.9 cm³/mol. The Balaban J connectivity index is 1.87. The zero-order chi connectivity index (χ0) is 16.4. The lowest BCUT2D eigenvalue weighted by Crippen LogP contribution is -2.25. The van der Waals surface area contributed by atoms with Gasteiger partial charge >= 0.3 is 0 Å². The molecule has 0 aliphatic rings. The first-order valence-electron chi connectivity index (χ1n) is 7.58. The molecule has 1 amide bonds. The van der Waals surface area contributed by atoms with Crippen LogP contribution in [0, 0.1) is 6.92 Å². The second-order valence-electron chi connectivity index (χ2n) is 5.50. The molecule has 0 spiro atoms. The molecular formula is C18H18ClN3O. The Morgan fingerprint density at radius 1 is 1.22 bits per heavy atom. The van der Waals surface area contributed by atoms with Crippen LogP contribution in [0.1, 0.15) is 34.2 Å². The van der Waals surface area contributed by atoms with Gasteiger partial charge in [-0.1, -0.05) is 48.4 Å². The predicted octanol–water partition coefficient (Wildman–Crippen LogP) is 3.79. The van der Waals surface area contributed by atoms with Crippen molar-refractivity contribution in [1.29, 1.82) is 0 Å². The summed E-state index contributed by atoms with van der Waals surface area (Å²) in [6.07, 6.45) is 2.41. The summed E-state index contributed by atoms with van der Waals surface area (Å²) in [7, 11) is 0. The van der Waals surface area contributed by atoms with Crippen molar-refractivity contribution in [2.45, 2.75) is 26.8 Å². The van der Waals surface area contributed by atoms with Gasteiger partial charge in [0.15, 0.2) is 0 Å². The van der Waals surface area contributed by atoms with E-state index in [1.807, 2.05) is 44.2 Å². The van der Waals surface area contributed by atoms with Crippen molar-refractivity contribution in [3.63, 3.8) is 0 Å². The molecule has 0 saturated heterocycles. The number of amides is 1. The monoisotopic (exact) mass is 327 g/mol. The Morgan fingerprint density at radius 2 is 1.96 bits per heavy atom. The fourth-order valence-electron chi connectivity index (χ4n) is 2.53. The SMILES string of the molecule is CCc1nc2ccc(Cl)cn2c1C(=O)NCc1ccc(C)cc1. The molecule has 2 aromatic heterocycles. The summed E-state index contributed by atoms with van der Waals surface area (Å²) in [6.45, 7) is 4.51. The molecule has 0 aliphatic heterocycles. The lowest BCUT2D eigenvalue weighted by Gasteiger charge is -2.07. The van der Waals surface area contributed by atoms with Crippen LogP contribution in [-0.2, 0) is 13.0 Å². The number of nitrogens with one attached hydrogen (secondary N) is 1. The minimum atomic E-state index is -0.141. The van der Waals surface area contributed by atoms with Crippen LogP contribution < -0.4 is 5.32 Å². The molecule has 0 radical (unpaired) electrons. The lowest BCUT2D eigenvalue weighted by molar-refractivity contribution is 0.0944. The summed E-state index contributed by atoms with van der Waals surface area (Å²) >= 11 is 6.06. The van der Waals surface area contributed by atoms with Crippen molar-refractivity contribution in [2.24, 2.45) is 0 Å². The summed E-state index contributed by atoms with van der Waals surface area (Å²) in [5, 5.41) is 3.54. The van der Waals surface area contributed by atoms with Crippen molar-refractivity contribution >= 4 is 23.2 Å². The second kappa shape index (κ2) is 6.42. The number of carbonyl (C=O) groups is 1. The van der Waals surface area contributed by atoms with Crippen LogP contribution in [0.25, 0.3) is 5.65 Å². The highest BCUT2D eigenvalue weighted by atomic mass is 35.5. The van der Waals surface area contributed by atoms with Crippen molar-refractivity contribution in [2.75, 3.05) is 0 Å². The molecule has 2 heterocycles. The van der Waals surface area contributed by atoms with E-state index in [-0.39, 0.29) is 5.91 Å². The van der Waals surface area contributed by atoms with E-state index in [0.29, 0.717) is 23.7 Å². The molecule has 0 atom stereocenters. The Bertz CT molecular complexity index is 853. The third-order valence-corrected chi connectivity index (χ3v) is 4.00. The molecule has 0 fully saturated rings. The van der Waals surface area contributed by atoms with Crippen molar-refractivity contribution in [1.82, 2.24) is 14.7 Å². The van der Waals surface area contributed by atoms with Crippen LogP contribution in [0.5, 0.6) is 0 Å². The van der Waals surface area contributed by atoms with E-state index in [0.717, 1.165) is 16.9 Å². The molecule has 5 heteroatoms. The largest absolute Gasteiger partial charge is 0.347 e. The zero-order valence-corrected chi connectivity index (χ0v) is 13.9. The van der Waals surface area contributed by atoms with Crippen LogP contribution >= 0.6 is 11.6 Å². The number of rotatable bonds is 4. The van der Waals surface area contributed by atoms with Crippen molar-refractivity contribution in [3.05, 3.63) is 70.1 Å². The Kier molecular flexibility index (Phi) is 4.35. The molecule has 23 heavy (non-hydrogen) atoms. The summed E-state index contributed by atoms with van der Waals surface area (Å²) in [5.41, 5.74) is 4.32. The standard InChI is InChI=1S/C18H18ClN3O/c1-3-15-17(22-11-14(19)8-9-16(22)21-15)18(23)20-10-13-6-4-12(2)5-7-13/h4-9,11H,3,10H2,1-2H3,(H,20,23). The minimum absolute atomic E-state index is 0.141. The van der Waals surface area contributed by atoms with Crippen LogP contribution in [-0.4, -0.2) is 15.3 Å². The van der Waals surface area contributed by atoms with E-state index in [4.69, 9.17) is 11.6 Å². The first-order chi connectivity index (χ1) is 11.1. The number of hydrogen-bond acceptors (Lipinski definition) is 2. The van der Waals surface area contributed by atoms with Gasteiger partial charge in [-0.2, -0.15) is 0 Å². The average Bonchev–Trinajstić information content (AvgIpc) is 2.91. The molecule has 0 bridgehead atoms. The van der Waals surface area contributed by atoms with Gasteiger partial charge in [-0.3, -0.25) is 9.20 Å². The van der Waals surface area contributed by atoms with Gasteiger partial charge in [-0.25, -0.2) is 4.98 Å². The van der Waals surface area contributed by atoms with Gasteiger partial charge < -0.3 is 5.32 Å². The minimum Gasteiger partial charge on any atom is -0.347 e. The maximum Gasteiger partial charge on any atom is 0.270 e. The third-order valence-electron chi connectivity index (χ3n) is 3.78. The highest BCUT2D eigenvalue weighted by Gasteiger charge is 2.18. The number of pyridine rings is 1. The zero-order valence-electron chi connectivity index (χ0n) is 13.1. The van der Waals surface area contributed by atoms with Crippen LogP contribution in [0.4, 0.5) is 0 Å². The summed E-state index contributed by atoms with van der Waals surface area (Å²) in [5.74, 6) is -0.141. The number of imidazole rings is 1. The van der Waals surface area contributed by atoms with Crippen molar-refractivity contribution in [3.8, 4) is 0 Å². The number of halogens is 1. The maximum absolute atomic E-state index is 12.6. The van der Waals surface area contributed by atoms with Gasteiger partial charge in [-0.15, -0.1) is 0 Å². The molecule has 0 aliphatic carbocycles. The normalized spacial score (nSPS) is 10.9. The number of fused-ring (bicyclic) bond motifs is 1. The Morgan fingerprint density at radius 3 is 2.65 bits per heavy atom. The molecule has 0 unspecified atom stereocenters. The summed E-state index contributed by atoms with van der Waals surface area (Å²) in [4.78, 5) is 17.1. The highest BCUT2D eigenvalue weighted by Crippen LogP contribution is 2.17. The first-order valence-corrected chi connectivity index (χ1v) is 7.96. The molecule has 3 aromatic rings. The number of hydrogen-bond donors (Lipinski definition) is 1. The van der Waals surface area contributed by atoms with Gasteiger partial charge in [0.25, 0.3) is 5.91 Å². The van der Waals surface area contributed by atoms with E-state index in [9.17, 15) is 4.79 Å². The Hall–Kier alpha value is -2.33. The lowest BCUT2D eigenvalue weighted by atomic mass is 10.1. The van der Waals surface area contributed by atoms with E-state index in [1.165, 1.54) is 5.56 Å². The molecule has 3 rings (SSSR count). The van der Waals surface area contributed by atoms with Gasteiger partial charge in [0.05, 0.1) is 10.7 Å². The number of nitrogens with zero attached hydrogens (tertiary/aromatic N) is 2. The van der Waals surface area contributed by atoms with Crippen molar-refractivity contribution < 1.29 is 4.79 Å². The van der Waals surface area contributed by atoms with Crippen LogP contribution in [0.2, 0.25) is 5.02 Å². The molecule has 118 valence electrons. The van der Waals surface area contributed by atoms with E-state index < -0.39 is 0 Å². The molecule has 1 N–H and O–H groups in total. The number of carbonyl (C=O) groups excluding carboxylic acids is 1. The summed E-state index contributed by atoms with van der Waals surface area (Å²) < 4.78 is 1.76. The van der Waals surface area contributed by atoms with E-state index in [2.05, 4.69) is 10.3 Å². The smallest absolute Gasteiger partial charge is 0.270 e. The highest BCUT2D eigenvalue weighted by molar-refractivity contribution is 6.30. The van der Waals surface area contributed by atoms with Gasteiger partial charge in [-0.05, 0) is 31.0 Å². The van der Waals surface area contributed by atoms with Gasteiger partial charge in [0, 0.05) is 12.7 Å². The molecule has 4 nitrogen and oxygen atoms in total. The van der Waals surface area contributed by atoms with E-state index in [1.54, 1.807) is 16.7 Å². The van der Waals surface area contributed by atoms with E-state index >= 15 is 0 Å². The number of aryl methyl sites for hydroxylation is 2. The third kappa shape index (κ3) is 3.22. The fourth-order valence-corrected chi connectivity index (χ4v) is 2.69. The second-order valence-corrected chi connectivity index (χ2v) is 5.94. The Labute approximate surface area is 140 Å². The van der Waals surface area contributed by atoms with Gasteiger partial charge in [0.1, 0.15) is 11.3 Å². The quantitative estimate of drug-likeness (QED) is 0.792. The number of aromatic nitrogens is 2. The average molecular weight is 328 g/mol. The van der Waals surface area contributed by atoms with Gasteiger partial charge in [0.2, 0.25) is 0 Å². The fraction of sp³-hybridized carbons (Fsp3) is 0.222. The molecule has 0 saturated carbocycles.